The minimum atomic E-state index is -3.02. The van der Waals surface area contributed by atoms with Gasteiger partial charge in [0.05, 0.1) is 0 Å². The van der Waals surface area contributed by atoms with E-state index in [4.69, 9.17) is 0 Å². The standard InChI is InChI=1S/C15H12F2N2O3/c16-15(17)22-12-7-2-1-5-10(12)19-13(21)8-9-4-3-6-11(20)14(9)18-19/h1-2,5,7-8,15H,3-4,6H2. The highest BCUT2D eigenvalue weighted by Gasteiger charge is 2.22. The largest absolute Gasteiger partial charge is 0.433 e. The van der Waals surface area contributed by atoms with Crippen molar-refractivity contribution < 1.29 is 18.3 Å². The number of aromatic nitrogens is 2. The van der Waals surface area contributed by atoms with Crippen LogP contribution in [0.4, 0.5) is 8.78 Å². The van der Waals surface area contributed by atoms with Crippen LogP contribution in [-0.2, 0) is 6.42 Å². The van der Waals surface area contributed by atoms with Gasteiger partial charge >= 0.3 is 6.61 Å². The fourth-order valence-corrected chi connectivity index (χ4v) is 2.48. The predicted molar refractivity (Wildman–Crippen MR) is 73.7 cm³/mol. The Morgan fingerprint density at radius 1 is 1.18 bits per heavy atom. The third kappa shape index (κ3) is 2.61. The first kappa shape index (κ1) is 14.4. The highest BCUT2D eigenvalue weighted by molar-refractivity contribution is 5.96. The quantitative estimate of drug-likeness (QED) is 0.873. The third-order valence-corrected chi connectivity index (χ3v) is 3.43. The van der Waals surface area contributed by atoms with E-state index in [-0.39, 0.29) is 22.9 Å². The van der Waals surface area contributed by atoms with Crippen molar-refractivity contribution >= 4 is 5.78 Å². The normalized spacial score (nSPS) is 14.0. The maximum Gasteiger partial charge on any atom is 0.387 e. The van der Waals surface area contributed by atoms with Gasteiger partial charge in [-0.2, -0.15) is 18.6 Å². The number of ketones is 1. The molecule has 0 fully saturated rings. The number of para-hydroxylation sites is 2. The molecule has 3 rings (SSSR count). The van der Waals surface area contributed by atoms with Gasteiger partial charge in [-0.15, -0.1) is 0 Å². The number of alkyl halides is 2. The van der Waals surface area contributed by atoms with Crippen molar-refractivity contribution in [2.75, 3.05) is 0 Å². The molecule has 7 heteroatoms. The van der Waals surface area contributed by atoms with Crippen molar-refractivity contribution in [2.24, 2.45) is 0 Å². The van der Waals surface area contributed by atoms with Crippen molar-refractivity contribution in [3.8, 4) is 11.4 Å². The molecule has 1 heterocycles. The molecule has 0 spiro atoms. The zero-order valence-electron chi connectivity index (χ0n) is 11.5. The molecule has 0 atom stereocenters. The second kappa shape index (κ2) is 5.67. The lowest BCUT2D eigenvalue weighted by molar-refractivity contribution is -0.0499. The number of aryl methyl sites for hydroxylation is 1. The topological polar surface area (TPSA) is 61.2 Å². The fourth-order valence-electron chi connectivity index (χ4n) is 2.48. The van der Waals surface area contributed by atoms with Crippen LogP contribution in [0.3, 0.4) is 0 Å². The summed E-state index contributed by atoms with van der Waals surface area (Å²) in [5.74, 6) is -0.322. The first-order chi connectivity index (χ1) is 10.6. The van der Waals surface area contributed by atoms with Crippen LogP contribution in [0.2, 0.25) is 0 Å². The highest BCUT2D eigenvalue weighted by Crippen LogP contribution is 2.24. The Labute approximate surface area is 124 Å². The van der Waals surface area contributed by atoms with Gasteiger partial charge in [0.15, 0.2) is 11.5 Å². The van der Waals surface area contributed by atoms with E-state index >= 15 is 0 Å². The number of Topliss-reactive ketones (excluding diaryl/α,β-unsaturated/α-hetero) is 1. The van der Waals surface area contributed by atoms with Crippen LogP contribution in [0.15, 0.2) is 35.1 Å². The summed E-state index contributed by atoms with van der Waals surface area (Å²) in [6.45, 7) is -3.02. The van der Waals surface area contributed by atoms with Crippen LogP contribution < -0.4 is 10.3 Å². The van der Waals surface area contributed by atoms with E-state index in [1.54, 1.807) is 6.07 Å². The molecule has 1 aliphatic carbocycles. The monoisotopic (exact) mass is 306 g/mol. The molecule has 0 N–H and O–H groups in total. The summed E-state index contributed by atoms with van der Waals surface area (Å²) < 4.78 is 30.3. The summed E-state index contributed by atoms with van der Waals surface area (Å²) in [6, 6.07) is 7.17. The molecule has 0 saturated carbocycles. The van der Waals surface area contributed by atoms with E-state index in [1.165, 1.54) is 24.3 Å². The van der Waals surface area contributed by atoms with E-state index in [0.717, 1.165) is 4.68 Å². The minimum Gasteiger partial charge on any atom is -0.433 e. The number of ether oxygens (including phenoxy) is 1. The van der Waals surface area contributed by atoms with Crippen molar-refractivity contribution in [1.82, 2.24) is 9.78 Å². The summed E-state index contributed by atoms with van der Waals surface area (Å²) >= 11 is 0. The van der Waals surface area contributed by atoms with Gasteiger partial charge < -0.3 is 4.74 Å². The Kier molecular flexibility index (Phi) is 3.70. The molecule has 0 unspecified atom stereocenters. The number of halogens is 2. The number of benzene rings is 1. The Bertz CT molecular complexity index is 787. The maximum atomic E-state index is 12.5. The molecular formula is C15H12F2N2O3. The first-order valence-electron chi connectivity index (χ1n) is 6.77. The summed E-state index contributed by atoms with van der Waals surface area (Å²) in [6.07, 6.45) is 1.66. The van der Waals surface area contributed by atoms with Crippen LogP contribution in [0, 0.1) is 0 Å². The average molecular weight is 306 g/mol. The van der Waals surface area contributed by atoms with E-state index < -0.39 is 12.2 Å². The molecule has 5 nitrogen and oxygen atoms in total. The van der Waals surface area contributed by atoms with Gasteiger partial charge in [-0.25, -0.2) is 0 Å². The van der Waals surface area contributed by atoms with Crippen LogP contribution in [-0.4, -0.2) is 22.2 Å². The predicted octanol–water partition coefficient (Wildman–Crippen LogP) is 2.35. The van der Waals surface area contributed by atoms with Crippen LogP contribution >= 0.6 is 0 Å². The average Bonchev–Trinajstić information content (AvgIpc) is 2.47. The lowest BCUT2D eigenvalue weighted by atomic mass is 9.96. The lowest BCUT2D eigenvalue weighted by Crippen LogP contribution is -2.27. The number of hydrogen-bond acceptors (Lipinski definition) is 4. The maximum absolute atomic E-state index is 12.5. The van der Waals surface area contributed by atoms with Gasteiger partial charge in [0.25, 0.3) is 5.56 Å². The summed E-state index contributed by atoms with van der Waals surface area (Å²) in [5.41, 5.74) is 0.412. The smallest absolute Gasteiger partial charge is 0.387 e. The molecule has 0 radical (unpaired) electrons. The zero-order chi connectivity index (χ0) is 15.7. The molecule has 22 heavy (non-hydrogen) atoms. The number of rotatable bonds is 3. The van der Waals surface area contributed by atoms with Crippen LogP contribution in [0.1, 0.15) is 28.9 Å². The van der Waals surface area contributed by atoms with Crippen molar-refractivity contribution in [3.63, 3.8) is 0 Å². The lowest BCUT2D eigenvalue weighted by Gasteiger charge is -2.16. The Balaban J connectivity index is 2.15. The fraction of sp³-hybridized carbons (Fsp3) is 0.267. The Morgan fingerprint density at radius 3 is 2.73 bits per heavy atom. The second-order valence-corrected chi connectivity index (χ2v) is 4.89. The van der Waals surface area contributed by atoms with Gasteiger partial charge in [-0.3, -0.25) is 9.59 Å². The third-order valence-electron chi connectivity index (χ3n) is 3.43. The van der Waals surface area contributed by atoms with Crippen molar-refractivity contribution in [2.45, 2.75) is 25.9 Å². The summed E-state index contributed by atoms with van der Waals surface area (Å²) in [7, 11) is 0. The highest BCUT2D eigenvalue weighted by atomic mass is 19.3. The molecule has 1 aromatic carbocycles. The van der Waals surface area contributed by atoms with Gasteiger partial charge in [0.1, 0.15) is 11.4 Å². The van der Waals surface area contributed by atoms with Gasteiger partial charge in [0.2, 0.25) is 0 Å². The van der Waals surface area contributed by atoms with E-state index in [9.17, 15) is 18.4 Å². The Hall–Kier alpha value is -2.57. The van der Waals surface area contributed by atoms with Gasteiger partial charge in [0, 0.05) is 12.5 Å². The first-order valence-corrected chi connectivity index (χ1v) is 6.77. The Morgan fingerprint density at radius 2 is 1.95 bits per heavy atom. The molecule has 0 amide bonds. The molecule has 1 aromatic heterocycles. The number of fused-ring (bicyclic) bond motifs is 1. The second-order valence-electron chi connectivity index (χ2n) is 4.89. The molecule has 1 aliphatic rings. The summed E-state index contributed by atoms with van der Waals surface area (Å²) in [4.78, 5) is 24.1. The van der Waals surface area contributed by atoms with Crippen LogP contribution in [0.25, 0.3) is 5.69 Å². The SMILES string of the molecule is O=C1CCCc2cc(=O)n(-c3ccccc3OC(F)F)nc21. The van der Waals surface area contributed by atoms with E-state index in [0.29, 0.717) is 24.8 Å². The zero-order valence-corrected chi connectivity index (χ0v) is 11.5. The number of carbonyl (C=O) groups excluding carboxylic acids is 1. The van der Waals surface area contributed by atoms with E-state index in [2.05, 4.69) is 9.84 Å². The molecule has 0 bridgehead atoms. The molecule has 0 saturated heterocycles. The minimum absolute atomic E-state index is 0.0778. The van der Waals surface area contributed by atoms with E-state index in [1.807, 2.05) is 0 Å². The molecule has 0 aliphatic heterocycles. The molecular weight excluding hydrogens is 294 g/mol. The number of hydrogen-bond donors (Lipinski definition) is 0. The molecule has 2 aromatic rings. The molecule has 114 valence electrons. The van der Waals surface area contributed by atoms with Crippen molar-refractivity contribution in [1.29, 1.82) is 0 Å². The van der Waals surface area contributed by atoms with Gasteiger partial charge in [-0.1, -0.05) is 12.1 Å². The van der Waals surface area contributed by atoms with Crippen molar-refractivity contribution in [3.05, 3.63) is 51.9 Å². The van der Waals surface area contributed by atoms with Gasteiger partial charge in [-0.05, 0) is 30.5 Å². The number of nitrogens with zero attached hydrogens (tertiary/aromatic N) is 2. The van der Waals surface area contributed by atoms with Crippen LogP contribution in [0.5, 0.6) is 5.75 Å². The number of carbonyl (C=O) groups is 1. The summed E-state index contributed by atoms with van der Waals surface area (Å²) in [5, 5.41) is 4.06.